The van der Waals surface area contributed by atoms with E-state index in [1.54, 1.807) is 6.92 Å². The maximum atomic E-state index is 13.7. The molecule has 0 unspecified atom stereocenters. The zero-order valence-electron chi connectivity index (χ0n) is 11.7. The Bertz CT molecular complexity index is 627. The first-order valence-corrected chi connectivity index (χ1v) is 8.96. The van der Waals surface area contributed by atoms with Crippen LogP contribution >= 0.6 is 11.6 Å². The maximum absolute atomic E-state index is 13.7. The Labute approximate surface area is 128 Å². The van der Waals surface area contributed by atoms with Gasteiger partial charge in [-0.2, -0.15) is 0 Å². The van der Waals surface area contributed by atoms with Crippen LogP contribution in [0.15, 0.2) is 18.2 Å². The molecule has 1 heterocycles. The number of hydrogen-bond acceptors (Lipinski definition) is 3. The van der Waals surface area contributed by atoms with Crippen molar-refractivity contribution in [2.75, 3.05) is 18.1 Å². The number of benzene rings is 1. The number of hydrogen-bond donors (Lipinski definition) is 0. The normalized spacial score (nSPS) is 20.4. The van der Waals surface area contributed by atoms with E-state index in [1.165, 1.54) is 23.1 Å². The van der Waals surface area contributed by atoms with Crippen molar-refractivity contribution in [1.82, 2.24) is 4.90 Å². The first-order valence-electron chi connectivity index (χ1n) is 6.77. The van der Waals surface area contributed by atoms with E-state index < -0.39 is 15.7 Å². The standard InChI is InChI=1S/C14H17ClFNO3S/c1-2-17(10-6-7-21(19,20)9-10)14(18)8-11-12(15)4-3-5-13(11)16/h3-5,10H,2,6-9H2,1H3/t10-/m0/s1. The fourth-order valence-electron chi connectivity index (χ4n) is 2.61. The lowest BCUT2D eigenvalue weighted by Gasteiger charge is -2.27. The van der Waals surface area contributed by atoms with Crippen LogP contribution in [0.4, 0.5) is 4.39 Å². The molecule has 0 saturated carbocycles. The van der Waals surface area contributed by atoms with Gasteiger partial charge in [0, 0.05) is 23.2 Å². The first kappa shape index (κ1) is 16.2. The van der Waals surface area contributed by atoms with E-state index in [9.17, 15) is 17.6 Å². The number of rotatable bonds is 4. The van der Waals surface area contributed by atoms with Gasteiger partial charge in [-0.1, -0.05) is 17.7 Å². The Balaban J connectivity index is 2.15. The summed E-state index contributed by atoms with van der Waals surface area (Å²) in [7, 11) is -3.07. The maximum Gasteiger partial charge on any atom is 0.227 e. The highest BCUT2D eigenvalue weighted by atomic mass is 35.5. The molecule has 0 aliphatic carbocycles. The predicted octanol–water partition coefficient (Wildman–Crippen LogP) is 2.06. The predicted molar refractivity (Wildman–Crippen MR) is 79.6 cm³/mol. The van der Waals surface area contributed by atoms with Gasteiger partial charge in [-0.3, -0.25) is 4.79 Å². The molecule has 0 N–H and O–H groups in total. The summed E-state index contributed by atoms with van der Waals surface area (Å²) in [5.41, 5.74) is 0.156. The van der Waals surface area contributed by atoms with Crippen molar-refractivity contribution in [1.29, 1.82) is 0 Å². The molecule has 0 aromatic heterocycles. The first-order chi connectivity index (χ1) is 9.84. The second-order valence-electron chi connectivity index (χ2n) is 5.11. The van der Waals surface area contributed by atoms with E-state index in [2.05, 4.69) is 0 Å². The second-order valence-corrected chi connectivity index (χ2v) is 7.75. The molecule has 1 aliphatic heterocycles. The quantitative estimate of drug-likeness (QED) is 0.847. The molecule has 2 rings (SSSR count). The summed E-state index contributed by atoms with van der Waals surface area (Å²) in [4.78, 5) is 13.9. The number of amides is 1. The Morgan fingerprint density at radius 1 is 1.48 bits per heavy atom. The second kappa shape index (κ2) is 6.32. The summed E-state index contributed by atoms with van der Waals surface area (Å²) in [6.45, 7) is 2.18. The zero-order valence-corrected chi connectivity index (χ0v) is 13.3. The fraction of sp³-hybridized carbons (Fsp3) is 0.500. The Hall–Kier alpha value is -1.14. The van der Waals surface area contributed by atoms with Crippen molar-refractivity contribution < 1.29 is 17.6 Å². The highest BCUT2D eigenvalue weighted by molar-refractivity contribution is 7.91. The minimum absolute atomic E-state index is 0.0163. The molecule has 1 amide bonds. The molecule has 1 aromatic rings. The van der Waals surface area contributed by atoms with Crippen LogP contribution in [0, 0.1) is 5.82 Å². The van der Waals surface area contributed by atoms with Crippen LogP contribution in [-0.2, 0) is 21.1 Å². The molecular weight excluding hydrogens is 317 g/mol. The molecule has 1 fully saturated rings. The summed E-state index contributed by atoms with van der Waals surface area (Å²) in [6.07, 6.45) is 0.281. The molecule has 1 atom stereocenters. The van der Waals surface area contributed by atoms with E-state index in [1.807, 2.05) is 0 Å². The molecule has 21 heavy (non-hydrogen) atoms. The average molecular weight is 334 g/mol. The van der Waals surface area contributed by atoms with Crippen LogP contribution in [0.2, 0.25) is 5.02 Å². The van der Waals surface area contributed by atoms with Crippen LogP contribution in [0.25, 0.3) is 0 Å². The highest BCUT2D eigenvalue weighted by Crippen LogP contribution is 2.22. The van der Waals surface area contributed by atoms with Gasteiger partial charge in [0.15, 0.2) is 9.84 Å². The van der Waals surface area contributed by atoms with E-state index >= 15 is 0 Å². The molecule has 1 aromatic carbocycles. The van der Waals surface area contributed by atoms with Crippen molar-refractivity contribution in [3.05, 3.63) is 34.6 Å². The molecule has 4 nitrogen and oxygen atoms in total. The SMILES string of the molecule is CCN(C(=O)Cc1c(F)cccc1Cl)[C@H]1CCS(=O)(=O)C1. The summed E-state index contributed by atoms with van der Waals surface area (Å²) in [6, 6.07) is 3.94. The van der Waals surface area contributed by atoms with E-state index in [0.29, 0.717) is 13.0 Å². The minimum atomic E-state index is -3.07. The Kier molecular flexibility index (Phi) is 4.88. The van der Waals surface area contributed by atoms with Crippen LogP contribution in [0.5, 0.6) is 0 Å². The molecule has 1 saturated heterocycles. The topological polar surface area (TPSA) is 54.5 Å². The van der Waals surface area contributed by atoms with Gasteiger partial charge < -0.3 is 4.90 Å². The molecule has 0 bridgehead atoms. The largest absolute Gasteiger partial charge is 0.339 e. The molecule has 1 aliphatic rings. The number of sulfone groups is 1. The number of halogens is 2. The van der Waals surface area contributed by atoms with E-state index in [4.69, 9.17) is 11.6 Å². The number of carbonyl (C=O) groups is 1. The van der Waals surface area contributed by atoms with Crippen LogP contribution in [-0.4, -0.2) is 43.3 Å². The molecular formula is C14H17ClFNO3S. The van der Waals surface area contributed by atoms with Gasteiger partial charge >= 0.3 is 0 Å². The van der Waals surface area contributed by atoms with Gasteiger partial charge in [0.1, 0.15) is 5.82 Å². The van der Waals surface area contributed by atoms with Gasteiger partial charge in [-0.15, -0.1) is 0 Å². The van der Waals surface area contributed by atoms with Gasteiger partial charge in [0.25, 0.3) is 0 Å². The minimum Gasteiger partial charge on any atom is -0.339 e. The number of likely N-dealkylation sites (N-methyl/N-ethyl adjacent to an activating group) is 1. The van der Waals surface area contributed by atoms with E-state index in [0.717, 1.165) is 0 Å². The highest BCUT2D eigenvalue weighted by Gasteiger charge is 2.34. The van der Waals surface area contributed by atoms with Crippen molar-refractivity contribution >= 4 is 27.3 Å². The lowest BCUT2D eigenvalue weighted by atomic mass is 10.1. The average Bonchev–Trinajstić information content (AvgIpc) is 2.75. The summed E-state index contributed by atoms with van der Waals surface area (Å²) in [5, 5.41) is 0.207. The smallest absolute Gasteiger partial charge is 0.227 e. The van der Waals surface area contributed by atoms with Crippen molar-refractivity contribution in [2.45, 2.75) is 25.8 Å². The molecule has 0 spiro atoms. The monoisotopic (exact) mass is 333 g/mol. The zero-order chi connectivity index (χ0) is 15.6. The summed E-state index contributed by atoms with van der Waals surface area (Å²) < 4.78 is 36.8. The Morgan fingerprint density at radius 3 is 2.71 bits per heavy atom. The van der Waals surface area contributed by atoms with Gasteiger partial charge in [0.05, 0.1) is 17.9 Å². The molecule has 0 radical (unpaired) electrons. The van der Waals surface area contributed by atoms with Crippen molar-refractivity contribution in [2.24, 2.45) is 0 Å². The third-order valence-corrected chi connectivity index (χ3v) is 5.80. The molecule has 7 heteroatoms. The summed E-state index contributed by atoms with van der Waals surface area (Å²) in [5.74, 6) is -0.739. The fourth-order valence-corrected chi connectivity index (χ4v) is 4.57. The van der Waals surface area contributed by atoms with Crippen molar-refractivity contribution in [3.8, 4) is 0 Å². The third-order valence-electron chi connectivity index (χ3n) is 3.70. The molecule has 116 valence electrons. The van der Waals surface area contributed by atoms with Gasteiger partial charge in [-0.05, 0) is 25.5 Å². The number of nitrogens with zero attached hydrogens (tertiary/aromatic N) is 1. The van der Waals surface area contributed by atoms with Gasteiger partial charge in [-0.25, -0.2) is 12.8 Å². The lowest BCUT2D eigenvalue weighted by molar-refractivity contribution is -0.132. The van der Waals surface area contributed by atoms with Crippen LogP contribution < -0.4 is 0 Å². The van der Waals surface area contributed by atoms with Crippen LogP contribution in [0.3, 0.4) is 0 Å². The van der Waals surface area contributed by atoms with E-state index in [-0.39, 0.29) is 40.5 Å². The Morgan fingerprint density at radius 2 is 2.19 bits per heavy atom. The van der Waals surface area contributed by atoms with Crippen molar-refractivity contribution in [3.63, 3.8) is 0 Å². The van der Waals surface area contributed by atoms with Gasteiger partial charge in [0.2, 0.25) is 5.91 Å². The summed E-state index contributed by atoms with van der Waals surface area (Å²) >= 11 is 5.92. The third kappa shape index (κ3) is 3.74. The lowest BCUT2D eigenvalue weighted by Crippen LogP contribution is -2.41. The van der Waals surface area contributed by atoms with Crippen LogP contribution in [0.1, 0.15) is 18.9 Å². The number of carbonyl (C=O) groups excluding carboxylic acids is 1.